The Morgan fingerprint density at radius 2 is 1.94 bits per heavy atom. The smallest absolute Gasteiger partial charge is 0.168 e. The molecule has 0 aliphatic heterocycles. The molecule has 0 aliphatic carbocycles. The molecule has 0 aliphatic rings. The number of halogens is 1. The SMILES string of the molecule is Nc1ccc(CC(=O)c2cncc(F)c2)cc1. The van der Waals surface area contributed by atoms with Crippen LogP contribution in [0.2, 0.25) is 0 Å². The van der Waals surface area contributed by atoms with E-state index in [4.69, 9.17) is 5.73 Å². The van der Waals surface area contributed by atoms with Crippen molar-refractivity contribution >= 4 is 11.5 Å². The molecule has 0 saturated carbocycles. The van der Waals surface area contributed by atoms with Crippen LogP contribution in [0.1, 0.15) is 15.9 Å². The number of hydrogen-bond donors (Lipinski definition) is 1. The van der Waals surface area contributed by atoms with Gasteiger partial charge in [0.05, 0.1) is 6.20 Å². The quantitative estimate of drug-likeness (QED) is 0.649. The predicted octanol–water partition coefficient (Wildman–Crippen LogP) is 2.23. The Bertz CT molecular complexity index is 537. The van der Waals surface area contributed by atoms with Gasteiger partial charge in [0, 0.05) is 23.9 Å². The molecule has 1 heterocycles. The largest absolute Gasteiger partial charge is 0.399 e. The van der Waals surface area contributed by atoms with E-state index in [1.165, 1.54) is 12.3 Å². The second-order valence-corrected chi connectivity index (χ2v) is 3.73. The van der Waals surface area contributed by atoms with Gasteiger partial charge in [0.25, 0.3) is 0 Å². The van der Waals surface area contributed by atoms with Crippen LogP contribution in [-0.4, -0.2) is 10.8 Å². The number of hydrogen-bond acceptors (Lipinski definition) is 3. The first kappa shape index (κ1) is 11.3. The summed E-state index contributed by atoms with van der Waals surface area (Å²) in [4.78, 5) is 15.5. The van der Waals surface area contributed by atoms with Gasteiger partial charge in [-0.15, -0.1) is 0 Å². The second kappa shape index (κ2) is 4.74. The monoisotopic (exact) mass is 230 g/mol. The standard InChI is InChI=1S/C13H11FN2O/c14-11-6-10(7-16-8-11)13(17)5-9-1-3-12(15)4-2-9/h1-4,6-8H,5,15H2. The summed E-state index contributed by atoms with van der Waals surface area (Å²) < 4.78 is 12.9. The number of rotatable bonds is 3. The number of aromatic nitrogens is 1. The second-order valence-electron chi connectivity index (χ2n) is 3.73. The van der Waals surface area contributed by atoms with Gasteiger partial charge in [-0.1, -0.05) is 12.1 Å². The maximum atomic E-state index is 12.9. The molecule has 0 unspecified atom stereocenters. The van der Waals surface area contributed by atoms with Crippen molar-refractivity contribution in [1.82, 2.24) is 4.98 Å². The lowest BCUT2D eigenvalue weighted by atomic mass is 10.0. The van der Waals surface area contributed by atoms with E-state index in [2.05, 4.69) is 4.98 Å². The molecule has 0 saturated heterocycles. The number of carbonyl (C=O) groups is 1. The molecule has 0 radical (unpaired) electrons. The number of nitrogens with two attached hydrogens (primary N) is 1. The highest BCUT2D eigenvalue weighted by Gasteiger charge is 2.08. The fraction of sp³-hybridized carbons (Fsp3) is 0.0769. The molecule has 17 heavy (non-hydrogen) atoms. The summed E-state index contributed by atoms with van der Waals surface area (Å²) in [6.45, 7) is 0. The fourth-order valence-corrected chi connectivity index (χ4v) is 1.49. The van der Waals surface area contributed by atoms with Gasteiger partial charge in [-0.25, -0.2) is 4.39 Å². The molecule has 86 valence electrons. The Morgan fingerprint density at radius 1 is 1.24 bits per heavy atom. The highest BCUT2D eigenvalue weighted by Crippen LogP contribution is 2.10. The molecule has 0 bridgehead atoms. The number of nitrogen functional groups attached to an aromatic ring is 1. The topological polar surface area (TPSA) is 56.0 Å². The Kier molecular flexibility index (Phi) is 3.14. The zero-order chi connectivity index (χ0) is 12.3. The number of anilines is 1. The summed E-state index contributed by atoms with van der Waals surface area (Å²) >= 11 is 0. The van der Waals surface area contributed by atoms with Gasteiger partial charge in [-0.2, -0.15) is 0 Å². The molecule has 0 spiro atoms. The molecule has 0 amide bonds. The summed E-state index contributed by atoms with van der Waals surface area (Å²) in [5.74, 6) is -0.671. The van der Waals surface area contributed by atoms with Gasteiger partial charge in [0.15, 0.2) is 5.78 Å². The van der Waals surface area contributed by atoms with Gasteiger partial charge in [-0.05, 0) is 23.8 Å². The summed E-state index contributed by atoms with van der Waals surface area (Å²) in [5.41, 5.74) is 7.31. The Morgan fingerprint density at radius 3 is 2.59 bits per heavy atom. The maximum Gasteiger partial charge on any atom is 0.168 e. The molecule has 0 atom stereocenters. The van der Waals surface area contributed by atoms with Crippen LogP contribution < -0.4 is 5.73 Å². The minimum atomic E-state index is -0.506. The Balaban J connectivity index is 2.14. The van der Waals surface area contributed by atoms with Crippen LogP contribution in [0.4, 0.5) is 10.1 Å². The number of pyridine rings is 1. The normalized spacial score (nSPS) is 10.2. The van der Waals surface area contributed by atoms with E-state index in [-0.39, 0.29) is 17.8 Å². The first-order chi connectivity index (χ1) is 8.15. The summed E-state index contributed by atoms with van der Waals surface area (Å²) in [6.07, 6.45) is 2.65. The number of ketones is 1. The molecule has 0 fully saturated rings. The minimum Gasteiger partial charge on any atom is -0.399 e. The Hall–Kier alpha value is -2.23. The van der Waals surface area contributed by atoms with E-state index in [0.717, 1.165) is 11.8 Å². The molecule has 2 N–H and O–H groups in total. The van der Waals surface area contributed by atoms with Crippen molar-refractivity contribution in [3.05, 3.63) is 59.7 Å². The predicted molar refractivity (Wildman–Crippen MR) is 63.1 cm³/mol. The minimum absolute atomic E-state index is 0.165. The van der Waals surface area contributed by atoms with E-state index in [1.54, 1.807) is 24.3 Å². The van der Waals surface area contributed by atoms with Crippen molar-refractivity contribution in [3.63, 3.8) is 0 Å². The highest BCUT2D eigenvalue weighted by molar-refractivity contribution is 5.97. The first-order valence-electron chi connectivity index (χ1n) is 5.13. The van der Waals surface area contributed by atoms with Crippen molar-refractivity contribution in [3.8, 4) is 0 Å². The lowest BCUT2D eigenvalue weighted by Crippen LogP contribution is -2.04. The molecule has 2 rings (SSSR count). The van der Waals surface area contributed by atoms with E-state index < -0.39 is 5.82 Å². The third kappa shape index (κ3) is 2.87. The van der Waals surface area contributed by atoms with Crippen molar-refractivity contribution in [2.24, 2.45) is 0 Å². The third-order valence-corrected chi connectivity index (χ3v) is 2.37. The molecular formula is C13H11FN2O. The van der Waals surface area contributed by atoms with Crippen molar-refractivity contribution in [2.75, 3.05) is 5.73 Å². The van der Waals surface area contributed by atoms with Gasteiger partial charge >= 0.3 is 0 Å². The van der Waals surface area contributed by atoms with Gasteiger partial charge in [0.1, 0.15) is 5.82 Å². The van der Waals surface area contributed by atoms with Gasteiger partial charge < -0.3 is 5.73 Å². The van der Waals surface area contributed by atoms with Crippen LogP contribution >= 0.6 is 0 Å². The van der Waals surface area contributed by atoms with Gasteiger partial charge in [-0.3, -0.25) is 9.78 Å². The van der Waals surface area contributed by atoms with Crippen LogP contribution in [0, 0.1) is 5.82 Å². The average Bonchev–Trinajstić information content (AvgIpc) is 2.32. The highest BCUT2D eigenvalue weighted by atomic mass is 19.1. The van der Waals surface area contributed by atoms with Crippen molar-refractivity contribution < 1.29 is 9.18 Å². The summed E-state index contributed by atoms with van der Waals surface area (Å²) in [7, 11) is 0. The van der Waals surface area contributed by atoms with Crippen LogP contribution in [-0.2, 0) is 6.42 Å². The number of nitrogens with zero attached hydrogens (tertiary/aromatic N) is 1. The molecule has 3 nitrogen and oxygen atoms in total. The lowest BCUT2D eigenvalue weighted by molar-refractivity contribution is 0.0992. The van der Waals surface area contributed by atoms with Crippen molar-refractivity contribution in [2.45, 2.75) is 6.42 Å². The molecule has 1 aromatic heterocycles. The van der Waals surface area contributed by atoms with Crippen LogP contribution in [0.3, 0.4) is 0 Å². The molecule has 4 heteroatoms. The third-order valence-electron chi connectivity index (χ3n) is 2.37. The fourth-order valence-electron chi connectivity index (χ4n) is 1.49. The zero-order valence-electron chi connectivity index (χ0n) is 9.06. The summed E-state index contributed by atoms with van der Waals surface area (Å²) in [5, 5.41) is 0. The van der Waals surface area contributed by atoms with Crippen LogP contribution in [0.15, 0.2) is 42.7 Å². The van der Waals surface area contributed by atoms with E-state index in [0.29, 0.717) is 5.69 Å². The molecule has 1 aromatic carbocycles. The lowest BCUT2D eigenvalue weighted by Gasteiger charge is -2.02. The molecule has 2 aromatic rings. The number of benzene rings is 1. The first-order valence-corrected chi connectivity index (χ1v) is 5.13. The number of Topliss-reactive ketones (excluding diaryl/α,β-unsaturated/α-hetero) is 1. The molecular weight excluding hydrogens is 219 g/mol. The van der Waals surface area contributed by atoms with Crippen molar-refractivity contribution in [1.29, 1.82) is 0 Å². The van der Waals surface area contributed by atoms with E-state index in [9.17, 15) is 9.18 Å². The average molecular weight is 230 g/mol. The zero-order valence-corrected chi connectivity index (χ0v) is 9.06. The Labute approximate surface area is 98.1 Å². The van der Waals surface area contributed by atoms with E-state index >= 15 is 0 Å². The van der Waals surface area contributed by atoms with Gasteiger partial charge in [0.2, 0.25) is 0 Å². The number of carbonyl (C=O) groups excluding carboxylic acids is 1. The maximum absolute atomic E-state index is 12.9. The van der Waals surface area contributed by atoms with Crippen LogP contribution in [0.25, 0.3) is 0 Å². The van der Waals surface area contributed by atoms with E-state index in [1.807, 2.05) is 0 Å². The van der Waals surface area contributed by atoms with Crippen LogP contribution in [0.5, 0.6) is 0 Å². The summed E-state index contributed by atoms with van der Waals surface area (Å²) in [6, 6.07) is 8.20.